The quantitative estimate of drug-likeness (QED) is 0.696. The summed E-state index contributed by atoms with van der Waals surface area (Å²) in [5.41, 5.74) is 1.41. The van der Waals surface area contributed by atoms with Crippen LogP contribution in [0.1, 0.15) is 36.2 Å². The fraction of sp³-hybridized carbons (Fsp3) is 0.381. The average Bonchev–Trinajstić information content (AvgIpc) is 3.07. The first-order chi connectivity index (χ1) is 13.6. The van der Waals surface area contributed by atoms with Crippen LogP contribution < -0.4 is 0 Å². The number of hydrogen-bond donors (Lipinski definition) is 0. The summed E-state index contributed by atoms with van der Waals surface area (Å²) in [5.74, 6) is -0.624. The maximum absolute atomic E-state index is 13.0. The minimum absolute atomic E-state index is 0.0326. The van der Waals surface area contributed by atoms with E-state index in [2.05, 4.69) is 0 Å². The van der Waals surface area contributed by atoms with Crippen LogP contribution in [-0.2, 0) is 26.2 Å². The number of sulfone groups is 2. The molecular formula is C21H25NO5S2. The molecular weight excluding hydrogens is 410 g/mol. The predicted molar refractivity (Wildman–Crippen MR) is 112 cm³/mol. The zero-order valence-electron chi connectivity index (χ0n) is 16.5. The molecule has 0 aliphatic carbocycles. The van der Waals surface area contributed by atoms with Crippen molar-refractivity contribution in [3.8, 4) is 0 Å². The van der Waals surface area contributed by atoms with Gasteiger partial charge in [-0.15, -0.1) is 0 Å². The Labute approximate surface area is 172 Å². The normalized spacial score (nSPS) is 18.7. The second-order valence-corrected chi connectivity index (χ2v) is 12.1. The van der Waals surface area contributed by atoms with Crippen LogP contribution >= 0.6 is 0 Å². The van der Waals surface area contributed by atoms with Crippen molar-refractivity contribution in [3.63, 3.8) is 0 Å². The summed E-state index contributed by atoms with van der Waals surface area (Å²) in [5, 5.41) is -0.917. The number of hydrogen-bond acceptors (Lipinski definition) is 5. The van der Waals surface area contributed by atoms with Crippen molar-refractivity contribution in [3.05, 3.63) is 65.7 Å². The van der Waals surface area contributed by atoms with Gasteiger partial charge in [0, 0.05) is 18.2 Å². The molecule has 0 saturated carbocycles. The highest BCUT2D eigenvalue weighted by molar-refractivity contribution is 7.96. The first-order valence-electron chi connectivity index (χ1n) is 9.49. The number of amides is 1. The van der Waals surface area contributed by atoms with E-state index in [9.17, 15) is 21.6 Å². The molecule has 1 aliphatic rings. The van der Waals surface area contributed by atoms with E-state index in [1.54, 1.807) is 4.90 Å². The summed E-state index contributed by atoms with van der Waals surface area (Å²) < 4.78 is 48.7. The number of carbonyl (C=O) groups is 1. The van der Waals surface area contributed by atoms with E-state index in [4.69, 9.17) is 0 Å². The first-order valence-corrected chi connectivity index (χ1v) is 12.9. The average molecular weight is 436 g/mol. The molecule has 1 saturated heterocycles. The molecule has 2 aromatic rings. The topological polar surface area (TPSA) is 88.6 Å². The number of rotatable bonds is 6. The highest BCUT2D eigenvalue weighted by atomic mass is 32.2. The molecule has 156 valence electrons. The van der Waals surface area contributed by atoms with Gasteiger partial charge in [0.05, 0.1) is 21.7 Å². The molecule has 0 spiro atoms. The van der Waals surface area contributed by atoms with Crippen LogP contribution in [0.2, 0.25) is 0 Å². The van der Waals surface area contributed by atoms with Gasteiger partial charge in [-0.1, -0.05) is 30.3 Å². The van der Waals surface area contributed by atoms with Crippen LogP contribution in [0.5, 0.6) is 0 Å². The molecule has 2 aromatic carbocycles. The minimum Gasteiger partial charge on any atom is -0.332 e. The van der Waals surface area contributed by atoms with Gasteiger partial charge >= 0.3 is 0 Å². The largest absolute Gasteiger partial charge is 0.332 e. The Hall–Kier alpha value is -2.19. The molecule has 0 aromatic heterocycles. The molecule has 1 fully saturated rings. The highest BCUT2D eigenvalue weighted by Gasteiger charge is 2.38. The summed E-state index contributed by atoms with van der Waals surface area (Å²) in [6, 6.07) is 15.4. The van der Waals surface area contributed by atoms with Crippen LogP contribution in [0.3, 0.4) is 0 Å². The number of carbonyl (C=O) groups excluding carboxylic acids is 1. The van der Waals surface area contributed by atoms with Gasteiger partial charge in [-0.3, -0.25) is 4.79 Å². The molecule has 1 atom stereocenters. The van der Waals surface area contributed by atoms with E-state index >= 15 is 0 Å². The van der Waals surface area contributed by atoms with E-state index in [1.165, 1.54) is 24.3 Å². The first kappa shape index (κ1) is 21.5. The summed E-state index contributed by atoms with van der Waals surface area (Å²) in [6.07, 6.45) is 0.115. The van der Waals surface area contributed by atoms with Crippen LogP contribution in [0.4, 0.5) is 0 Å². The Balaban J connectivity index is 1.80. The molecule has 1 unspecified atom stereocenters. The lowest BCUT2D eigenvalue weighted by Crippen LogP contribution is -2.36. The van der Waals surface area contributed by atoms with E-state index in [1.807, 2.05) is 44.2 Å². The summed E-state index contributed by atoms with van der Waals surface area (Å²) in [4.78, 5) is 14.8. The summed E-state index contributed by atoms with van der Waals surface area (Å²) >= 11 is 0. The monoisotopic (exact) mass is 435 g/mol. The van der Waals surface area contributed by atoms with E-state index < -0.39 is 24.9 Å². The van der Waals surface area contributed by atoms with Crippen LogP contribution in [-0.4, -0.2) is 50.4 Å². The van der Waals surface area contributed by atoms with Crippen molar-refractivity contribution in [1.82, 2.24) is 4.90 Å². The van der Waals surface area contributed by atoms with Crippen molar-refractivity contribution in [1.29, 1.82) is 0 Å². The molecule has 29 heavy (non-hydrogen) atoms. The Morgan fingerprint density at radius 3 is 2.21 bits per heavy atom. The van der Waals surface area contributed by atoms with E-state index in [0.717, 1.165) is 5.56 Å². The fourth-order valence-corrected chi connectivity index (χ4v) is 7.78. The van der Waals surface area contributed by atoms with Gasteiger partial charge in [0.1, 0.15) is 0 Å². The Kier molecular flexibility index (Phi) is 6.14. The van der Waals surface area contributed by atoms with Crippen molar-refractivity contribution in [2.45, 2.75) is 43.0 Å². The third kappa shape index (κ3) is 4.87. The molecule has 3 rings (SSSR count). The highest BCUT2D eigenvalue weighted by Crippen LogP contribution is 2.26. The summed E-state index contributed by atoms with van der Waals surface area (Å²) in [6.45, 7) is 4.32. The van der Waals surface area contributed by atoms with E-state index in [-0.39, 0.29) is 34.8 Å². The van der Waals surface area contributed by atoms with Crippen LogP contribution in [0, 0.1) is 0 Å². The third-order valence-corrected chi connectivity index (χ3v) is 9.33. The standard InChI is InChI=1S/C21H25NO5S2/c1-16(2)22(14-17-6-4-3-5-7-17)21(23)18-8-10-19(11-9-18)29(26,27)20-12-13-28(24,25)15-20/h3-11,16,20H,12-15H2,1-2H3. The van der Waals surface area contributed by atoms with Crippen molar-refractivity contribution in [2.75, 3.05) is 11.5 Å². The lowest BCUT2D eigenvalue weighted by molar-refractivity contribution is 0.0690. The second kappa shape index (κ2) is 8.28. The Bertz CT molecular complexity index is 1080. The molecule has 0 radical (unpaired) electrons. The maximum Gasteiger partial charge on any atom is 0.254 e. The Morgan fingerprint density at radius 2 is 1.69 bits per heavy atom. The number of benzene rings is 2. The van der Waals surface area contributed by atoms with Gasteiger partial charge < -0.3 is 4.90 Å². The van der Waals surface area contributed by atoms with E-state index in [0.29, 0.717) is 12.1 Å². The van der Waals surface area contributed by atoms with Crippen molar-refractivity contribution < 1.29 is 21.6 Å². The SMILES string of the molecule is CC(C)N(Cc1ccccc1)C(=O)c1ccc(S(=O)(=O)C2CCS(=O)(=O)C2)cc1. The predicted octanol–water partition coefficient (Wildman–Crippen LogP) is 2.70. The number of nitrogens with zero attached hydrogens (tertiary/aromatic N) is 1. The lowest BCUT2D eigenvalue weighted by atomic mass is 10.1. The zero-order valence-corrected chi connectivity index (χ0v) is 18.1. The molecule has 1 aliphatic heterocycles. The molecule has 1 amide bonds. The summed E-state index contributed by atoms with van der Waals surface area (Å²) in [7, 11) is -7.04. The van der Waals surface area contributed by atoms with Gasteiger partial charge in [0.15, 0.2) is 19.7 Å². The third-order valence-electron chi connectivity index (χ3n) is 5.14. The van der Waals surface area contributed by atoms with Crippen molar-refractivity contribution >= 4 is 25.6 Å². The Morgan fingerprint density at radius 1 is 1.07 bits per heavy atom. The fourth-order valence-electron chi connectivity index (χ4n) is 3.42. The van der Waals surface area contributed by atoms with Crippen molar-refractivity contribution in [2.24, 2.45) is 0 Å². The van der Waals surface area contributed by atoms with Gasteiger partial charge in [-0.05, 0) is 50.1 Å². The molecule has 0 N–H and O–H groups in total. The molecule has 8 heteroatoms. The van der Waals surface area contributed by atoms with Crippen LogP contribution in [0.25, 0.3) is 0 Å². The lowest BCUT2D eigenvalue weighted by Gasteiger charge is -2.27. The van der Waals surface area contributed by atoms with Gasteiger partial charge in [-0.25, -0.2) is 16.8 Å². The molecule has 0 bridgehead atoms. The smallest absolute Gasteiger partial charge is 0.254 e. The van der Waals surface area contributed by atoms with Crippen LogP contribution in [0.15, 0.2) is 59.5 Å². The van der Waals surface area contributed by atoms with Gasteiger partial charge in [0.2, 0.25) is 0 Å². The second-order valence-electron chi connectivity index (χ2n) is 7.61. The molecule has 6 nitrogen and oxygen atoms in total. The van der Waals surface area contributed by atoms with Gasteiger partial charge in [-0.2, -0.15) is 0 Å². The maximum atomic E-state index is 13.0. The zero-order chi connectivity index (χ0) is 21.2. The van der Waals surface area contributed by atoms with Gasteiger partial charge in [0.25, 0.3) is 5.91 Å². The molecule has 1 heterocycles. The minimum atomic E-state index is -3.74.